The highest BCUT2D eigenvalue weighted by atomic mass is 16.5. The minimum Gasteiger partial charge on any atom is -0.451 e. The van der Waals surface area contributed by atoms with Crippen LogP contribution in [0.15, 0.2) is 30.5 Å². The average Bonchev–Trinajstić information content (AvgIpc) is 2.79. The van der Waals surface area contributed by atoms with E-state index in [9.17, 15) is 9.59 Å². The summed E-state index contributed by atoms with van der Waals surface area (Å²) in [7, 11) is 1.74. The highest BCUT2D eigenvalue weighted by Gasteiger charge is 2.22. The van der Waals surface area contributed by atoms with Crippen molar-refractivity contribution in [2.75, 3.05) is 0 Å². The molecule has 0 spiro atoms. The maximum absolute atomic E-state index is 12.2. The Balaban J connectivity index is 2.09. The molecule has 1 aromatic heterocycles. The largest absolute Gasteiger partial charge is 0.451 e. The molecule has 2 rings (SSSR count). The van der Waals surface area contributed by atoms with Crippen LogP contribution in [0.25, 0.3) is 0 Å². The summed E-state index contributed by atoms with van der Waals surface area (Å²) in [5, 5.41) is 3.99. The van der Waals surface area contributed by atoms with Crippen molar-refractivity contribution in [2.24, 2.45) is 7.05 Å². The molecule has 0 aliphatic carbocycles. The maximum atomic E-state index is 12.2. The molecule has 1 atom stereocenters. The Morgan fingerprint density at radius 2 is 1.81 bits per heavy atom. The summed E-state index contributed by atoms with van der Waals surface area (Å²) < 4.78 is 6.82. The topological polar surface area (TPSA) is 61.2 Å². The lowest BCUT2D eigenvalue weighted by molar-refractivity contribution is 0.0318. The number of nitrogens with zero attached hydrogens (tertiary/aromatic N) is 2. The van der Waals surface area contributed by atoms with Crippen molar-refractivity contribution in [3.63, 3.8) is 0 Å². The summed E-state index contributed by atoms with van der Waals surface area (Å²) in [4.78, 5) is 24.3. The number of benzene rings is 1. The second kappa shape index (κ2) is 5.91. The van der Waals surface area contributed by atoms with Gasteiger partial charge in [-0.25, -0.2) is 4.79 Å². The zero-order chi connectivity index (χ0) is 15.6. The molecular formula is C16H18N2O3. The lowest BCUT2D eigenvalue weighted by Crippen LogP contribution is -2.24. The molecule has 0 aliphatic heterocycles. The molecule has 0 unspecified atom stereocenters. The number of carbonyl (C=O) groups is 2. The first-order valence-corrected chi connectivity index (χ1v) is 6.70. The fraction of sp³-hybridized carbons (Fsp3) is 0.312. The van der Waals surface area contributed by atoms with E-state index in [1.807, 2.05) is 19.1 Å². The zero-order valence-electron chi connectivity index (χ0n) is 12.6. The number of hydrogen-bond acceptors (Lipinski definition) is 4. The van der Waals surface area contributed by atoms with Gasteiger partial charge in [0.15, 0.2) is 6.10 Å². The van der Waals surface area contributed by atoms with Gasteiger partial charge in [0.1, 0.15) is 5.56 Å². The fourth-order valence-corrected chi connectivity index (χ4v) is 1.93. The van der Waals surface area contributed by atoms with Crippen LogP contribution in [0.5, 0.6) is 0 Å². The number of Topliss-reactive ketones (excluding diaryl/α,β-unsaturated/α-hetero) is 1. The standard InChI is InChI=1S/C16H18N2O3/c1-10-5-7-13(8-6-10)15(19)12(3)21-16(20)14-9-17-18(4)11(14)2/h5-9,12H,1-4H3/t12-/m1/s1. The van der Waals surface area contributed by atoms with Crippen molar-refractivity contribution in [3.8, 4) is 0 Å². The number of aromatic nitrogens is 2. The molecule has 1 aromatic carbocycles. The van der Waals surface area contributed by atoms with E-state index in [2.05, 4.69) is 5.10 Å². The van der Waals surface area contributed by atoms with Crippen LogP contribution in [-0.4, -0.2) is 27.6 Å². The first kappa shape index (κ1) is 15.0. The molecule has 110 valence electrons. The predicted octanol–water partition coefficient (Wildman–Crippen LogP) is 2.47. The molecule has 5 heteroatoms. The van der Waals surface area contributed by atoms with Gasteiger partial charge in [-0.05, 0) is 20.8 Å². The van der Waals surface area contributed by atoms with Gasteiger partial charge in [-0.2, -0.15) is 5.10 Å². The molecule has 5 nitrogen and oxygen atoms in total. The van der Waals surface area contributed by atoms with Crippen LogP contribution in [0.4, 0.5) is 0 Å². The van der Waals surface area contributed by atoms with Crippen LogP contribution in [-0.2, 0) is 11.8 Å². The molecule has 0 saturated heterocycles. The van der Waals surface area contributed by atoms with Gasteiger partial charge in [-0.15, -0.1) is 0 Å². The Hall–Kier alpha value is -2.43. The Morgan fingerprint density at radius 1 is 1.19 bits per heavy atom. The Kier molecular flexibility index (Phi) is 4.21. The molecule has 21 heavy (non-hydrogen) atoms. The zero-order valence-corrected chi connectivity index (χ0v) is 12.6. The van der Waals surface area contributed by atoms with Crippen molar-refractivity contribution in [2.45, 2.75) is 26.9 Å². The van der Waals surface area contributed by atoms with Crippen molar-refractivity contribution >= 4 is 11.8 Å². The van der Waals surface area contributed by atoms with Gasteiger partial charge in [-0.1, -0.05) is 29.8 Å². The van der Waals surface area contributed by atoms with Gasteiger partial charge in [0.25, 0.3) is 0 Å². The molecule has 0 saturated carbocycles. The van der Waals surface area contributed by atoms with Crippen LogP contribution in [0.2, 0.25) is 0 Å². The van der Waals surface area contributed by atoms with E-state index in [0.717, 1.165) is 5.56 Å². The van der Waals surface area contributed by atoms with Gasteiger partial charge in [0, 0.05) is 18.3 Å². The quantitative estimate of drug-likeness (QED) is 0.640. The van der Waals surface area contributed by atoms with E-state index in [1.165, 1.54) is 6.20 Å². The Bertz CT molecular complexity index is 671. The van der Waals surface area contributed by atoms with Crippen molar-refractivity contribution in [1.82, 2.24) is 9.78 Å². The monoisotopic (exact) mass is 286 g/mol. The average molecular weight is 286 g/mol. The molecule has 0 fully saturated rings. The van der Waals surface area contributed by atoms with Crippen LogP contribution >= 0.6 is 0 Å². The number of esters is 1. The van der Waals surface area contributed by atoms with Gasteiger partial charge in [-0.3, -0.25) is 9.48 Å². The van der Waals surface area contributed by atoms with E-state index in [-0.39, 0.29) is 5.78 Å². The third-order valence-electron chi connectivity index (χ3n) is 3.44. The smallest absolute Gasteiger partial charge is 0.342 e. The summed E-state index contributed by atoms with van der Waals surface area (Å²) >= 11 is 0. The van der Waals surface area contributed by atoms with E-state index in [4.69, 9.17) is 4.74 Å². The number of ether oxygens (including phenoxy) is 1. The SMILES string of the molecule is Cc1ccc(C(=O)[C@@H](C)OC(=O)c2cnn(C)c2C)cc1. The number of carbonyl (C=O) groups excluding carboxylic acids is 2. The van der Waals surface area contributed by atoms with E-state index in [0.29, 0.717) is 16.8 Å². The van der Waals surface area contributed by atoms with Gasteiger partial charge in [0.05, 0.1) is 6.20 Å². The maximum Gasteiger partial charge on any atom is 0.342 e. The number of hydrogen-bond donors (Lipinski definition) is 0. The second-order valence-corrected chi connectivity index (χ2v) is 5.05. The lowest BCUT2D eigenvalue weighted by atomic mass is 10.1. The molecule has 0 bridgehead atoms. The summed E-state index contributed by atoms with van der Waals surface area (Å²) in [5.74, 6) is -0.751. The normalized spacial score (nSPS) is 12.0. The van der Waals surface area contributed by atoms with Crippen LogP contribution in [0.3, 0.4) is 0 Å². The summed E-state index contributed by atoms with van der Waals surface area (Å²) in [6, 6.07) is 7.18. The number of ketones is 1. The van der Waals surface area contributed by atoms with Crippen molar-refractivity contribution in [3.05, 3.63) is 52.8 Å². The first-order chi connectivity index (χ1) is 9.90. The second-order valence-electron chi connectivity index (χ2n) is 5.05. The highest BCUT2D eigenvalue weighted by molar-refractivity contribution is 6.01. The molecule has 0 radical (unpaired) electrons. The van der Waals surface area contributed by atoms with Crippen LogP contribution in [0, 0.1) is 13.8 Å². The van der Waals surface area contributed by atoms with Gasteiger partial charge in [0.2, 0.25) is 5.78 Å². The number of aryl methyl sites for hydroxylation is 2. The third kappa shape index (κ3) is 3.18. The minimum atomic E-state index is -0.834. The van der Waals surface area contributed by atoms with Gasteiger partial charge < -0.3 is 4.74 Å². The molecule has 1 heterocycles. The van der Waals surface area contributed by atoms with E-state index < -0.39 is 12.1 Å². The molecule has 0 aliphatic rings. The molecular weight excluding hydrogens is 268 g/mol. The number of rotatable bonds is 4. The lowest BCUT2D eigenvalue weighted by Gasteiger charge is -2.12. The fourth-order valence-electron chi connectivity index (χ4n) is 1.93. The molecule has 2 aromatic rings. The Morgan fingerprint density at radius 3 is 2.33 bits per heavy atom. The minimum absolute atomic E-state index is 0.218. The predicted molar refractivity (Wildman–Crippen MR) is 78.3 cm³/mol. The summed E-state index contributed by atoms with van der Waals surface area (Å²) in [6.07, 6.45) is 0.612. The highest BCUT2D eigenvalue weighted by Crippen LogP contribution is 2.12. The van der Waals surface area contributed by atoms with E-state index >= 15 is 0 Å². The molecule has 0 N–H and O–H groups in total. The third-order valence-corrected chi connectivity index (χ3v) is 3.44. The van der Waals surface area contributed by atoms with Crippen molar-refractivity contribution in [1.29, 1.82) is 0 Å². The summed E-state index contributed by atoms with van der Waals surface area (Å²) in [6.45, 7) is 5.30. The van der Waals surface area contributed by atoms with Crippen LogP contribution in [0.1, 0.15) is 38.9 Å². The van der Waals surface area contributed by atoms with Crippen LogP contribution < -0.4 is 0 Å². The van der Waals surface area contributed by atoms with Gasteiger partial charge >= 0.3 is 5.97 Å². The van der Waals surface area contributed by atoms with E-state index in [1.54, 1.807) is 37.7 Å². The Labute approximate surface area is 123 Å². The van der Waals surface area contributed by atoms with Crippen molar-refractivity contribution < 1.29 is 14.3 Å². The first-order valence-electron chi connectivity index (χ1n) is 6.70. The summed E-state index contributed by atoms with van der Waals surface area (Å²) in [5.41, 5.74) is 2.68. The molecule has 0 amide bonds.